The molecule has 0 unspecified atom stereocenters. The van der Waals surface area contributed by atoms with Gasteiger partial charge in [-0.15, -0.1) is 0 Å². The molecule has 1 aliphatic rings. The Balaban J connectivity index is 2.40. The lowest BCUT2D eigenvalue weighted by atomic mass is 9.97. The third-order valence-corrected chi connectivity index (χ3v) is 3.19. The van der Waals surface area contributed by atoms with E-state index < -0.39 is 0 Å². The molecule has 1 aromatic carbocycles. The molecule has 0 fully saturated rings. The van der Waals surface area contributed by atoms with Gasteiger partial charge in [-0.05, 0) is 49.6 Å². The molecule has 2 heteroatoms. The highest BCUT2D eigenvalue weighted by Gasteiger charge is 2.14. The van der Waals surface area contributed by atoms with Crippen molar-refractivity contribution in [3.63, 3.8) is 0 Å². The van der Waals surface area contributed by atoms with E-state index in [-0.39, 0.29) is 0 Å². The average molecular weight is 237 g/mol. The van der Waals surface area contributed by atoms with E-state index >= 15 is 0 Å². The van der Waals surface area contributed by atoms with Crippen LogP contribution in [0.5, 0.6) is 0 Å². The zero-order chi connectivity index (χ0) is 12.7. The smallest absolute Gasteiger partial charge is 0.138 e. The summed E-state index contributed by atoms with van der Waals surface area (Å²) in [5.74, 6) is 0. The van der Waals surface area contributed by atoms with Crippen LogP contribution in [0.15, 0.2) is 33.5 Å². The predicted molar refractivity (Wildman–Crippen MR) is 76.9 cm³/mol. The maximum atomic E-state index is 5.71. The summed E-state index contributed by atoms with van der Waals surface area (Å²) in [5.41, 5.74) is 6.87. The van der Waals surface area contributed by atoms with Gasteiger partial charge in [-0.2, -0.15) is 0 Å². The van der Waals surface area contributed by atoms with Gasteiger partial charge in [-0.25, -0.2) is 0 Å². The van der Waals surface area contributed by atoms with Gasteiger partial charge in [0.1, 0.15) is 11.8 Å². The third-order valence-electron chi connectivity index (χ3n) is 3.19. The first-order chi connectivity index (χ1) is 8.66. The van der Waals surface area contributed by atoms with Gasteiger partial charge in [-0.1, -0.05) is 11.6 Å². The maximum absolute atomic E-state index is 5.71. The minimum Gasteiger partial charge on any atom is -0.463 e. The topological polar surface area (TPSA) is 25.5 Å². The lowest BCUT2D eigenvalue weighted by Gasteiger charge is -2.06. The zero-order valence-corrected chi connectivity index (χ0v) is 10.8. The number of furan rings is 1. The summed E-state index contributed by atoms with van der Waals surface area (Å²) in [6.45, 7) is 6.31. The summed E-state index contributed by atoms with van der Waals surface area (Å²) in [4.78, 5) is 4.22. The molecule has 2 heterocycles. The molecule has 0 N–H and O–H groups in total. The van der Waals surface area contributed by atoms with Crippen LogP contribution in [-0.4, -0.2) is 6.21 Å². The first kappa shape index (κ1) is 11.0. The van der Waals surface area contributed by atoms with Gasteiger partial charge in [-0.3, -0.25) is 4.99 Å². The second kappa shape index (κ2) is 3.98. The van der Waals surface area contributed by atoms with Crippen molar-refractivity contribution in [3.8, 4) is 0 Å². The third kappa shape index (κ3) is 1.61. The van der Waals surface area contributed by atoms with Crippen LogP contribution in [-0.2, 0) is 0 Å². The van der Waals surface area contributed by atoms with Crippen molar-refractivity contribution in [1.82, 2.24) is 0 Å². The molecule has 0 spiro atoms. The highest BCUT2D eigenvalue weighted by molar-refractivity contribution is 6.05. The van der Waals surface area contributed by atoms with E-state index in [1.54, 1.807) is 6.26 Å². The van der Waals surface area contributed by atoms with Crippen LogP contribution in [0.2, 0.25) is 0 Å². The van der Waals surface area contributed by atoms with Crippen molar-refractivity contribution in [1.29, 1.82) is 0 Å². The van der Waals surface area contributed by atoms with Gasteiger partial charge in [0.25, 0.3) is 0 Å². The number of hydrogen-bond acceptors (Lipinski definition) is 2. The molecular formula is C16H15NO. The molecule has 0 aliphatic carbocycles. The fourth-order valence-electron chi connectivity index (χ4n) is 2.36. The monoisotopic (exact) mass is 237 g/mol. The Labute approximate surface area is 106 Å². The van der Waals surface area contributed by atoms with Crippen LogP contribution in [0.25, 0.3) is 23.1 Å². The first-order valence-corrected chi connectivity index (χ1v) is 6.06. The number of aryl methyl sites for hydroxylation is 1. The molecule has 1 aromatic heterocycles. The van der Waals surface area contributed by atoms with Gasteiger partial charge in [0.05, 0.1) is 0 Å². The number of benzene rings is 1. The molecule has 0 bridgehead atoms. The molecule has 0 amide bonds. The molecule has 90 valence electrons. The number of aliphatic imine (C=N–C) groups is 1. The summed E-state index contributed by atoms with van der Waals surface area (Å²) in [5, 5.41) is 1.16. The maximum Gasteiger partial charge on any atom is 0.138 e. The summed E-state index contributed by atoms with van der Waals surface area (Å²) in [6.07, 6.45) is 9.68. The molecule has 2 aromatic rings. The SMILES string of the molecule is CC(C)=Cc1cc2c3c(coc3c1C)C=NC=C2. The van der Waals surface area contributed by atoms with Crippen molar-refractivity contribution in [2.24, 2.45) is 4.99 Å². The number of allylic oxidation sites excluding steroid dienone is 1. The molecule has 0 radical (unpaired) electrons. The van der Waals surface area contributed by atoms with Crippen molar-refractivity contribution in [3.05, 3.63) is 46.4 Å². The lowest BCUT2D eigenvalue weighted by molar-refractivity contribution is 0.612. The van der Waals surface area contributed by atoms with E-state index in [0.29, 0.717) is 0 Å². The molecule has 3 rings (SSSR count). The predicted octanol–water partition coefficient (Wildman–Crippen LogP) is 4.57. The van der Waals surface area contributed by atoms with Crippen LogP contribution in [0.1, 0.15) is 36.1 Å². The second-order valence-electron chi connectivity index (χ2n) is 4.89. The largest absolute Gasteiger partial charge is 0.463 e. The average Bonchev–Trinajstić information content (AvgIpc) is 2.64. The van der Waals surface area contributed by atoms with E-state index in [1.807, 2.05) is 18.5 Å². The Hall–Kier alpha value is -2.09. The number of rotatable bonds is 1. The van der Waals surface area contributed by atoms with Gasteiger partial charge in [0, 0.05) is 23.4 Å². The molecule has 2 nitrogen and oxygen atoms in total. The molecular weight excluding hydrogens is 222 g/mol. The Morgan fingerprint density at radius 2 is 2.11 bits per heavy atom. The van der Waals surface area contributed by atoms with Crippen LogP contribution >= 0.6 is 0 Å². The van der Waals surface area contributed by atoms with Gasteiger partial charge >= 0.3 is 0 Å². The van der Waals surface area contributed by atoms with E-state index in [2.05, 4.69) is 37.9 Å². The Kier molecular flexibility index (Phi) is 2.44. The van der Waals surface area contributed by atoms with Crippen molar-refractivity contribution < 1.29 is 4.42 Å². The van der Waals surface area contributed by atoms with E-state index in [1.165, 1.54) is 22.3 Å². The highest BCUT2D eigenvalue weighted by Crippen LogP contribution is 2.32. The highest BCUT2D eigenvalue weighted by atomic mass is 16.3. The van der Waals surface area contributed by atoms with Crippen LogP contribution in [0.4, 0.5) is 0 Å². The van der Waals surface area contributed by atoms with Gasteiger partial charge < -0.3 is 4.42 Å². The quantitative estimate of drug-likeness (QED) is 0.713. The number of hydrogen-bond donors (Lipinski definition) is 0. The van der Waals surface area contributed by atoms with Gasteiger partial charge in [0.15, 0.2) is 0 Å². The first-order valence-electron chi connectivity index (χ1n) is 6.06. The van der Waals surface area contributed by atoms with Crippen LogP contribution < -0.4 is 0 Å². The van der Waals surface area contributed by atoms with Crippen molar-refractivity contribution in [2.45, 2.75) is 20.8 Å². The normalized spacial score (nSPS) is 12.8. The molecule has 0 saturated heterocycles. The molecule has 1 aliphatic heterocycles. The number of nitrogens with zero attached hydrogens (tertiary/aromatic N) is 1. The summed E-state index contributed by atoms with van der Waals surface area (Å²) in [7, 11) is 0. The summed E-state index contributed by atoms with van der Waals surface area (Å²) < 4.78 is 5.71. The Bertz CT molecular complexity index is 710. The minimum atomic E-state index is 0.966. The fourth-order valence-corrected chi connectivity index (χ4v) is 2.36. The molecule has 0 saturated carbocycles. The minimum absolute atomic E-state index is 0.966. The Morgan fingerprint density at radius 1 is 1.28 bits per heavy atom. The van der Waals surface area contributed by atoms with E-state index in [4.69, 9.17) is 4.42 Å². The zero-order valence-electron chi connectivity index (χ0n) is 10.8. The Morgan fingerprint density at radius 3 is 2.89 bits per heavy atom. The van der Waals surface area contributed by atoms with E-state index in [0.717, 1.165) is 16.5 Å². The lowest BCUT2D eigenvalue weighted by Crippen LogP contribution is -1.87. The molecule has 0 atom stereocenters. The summed E-state index contributed by atoms with van der Waals surface area (Å²) in [6, 6.07) is 2.20. The van der Waals surface area contributed by atoms with Crippen LogP contribution in [0, 0.1) is 6.92 Å². The van der Waals surface area contributed by atoms with E-state index in [9.17, 15) is 0 Å². The van der Waals surface area contributed by atoms with Crippen LogP contribution in [0.3, 0.4) is 0 Å². The summed E-state index contributed by atoms with van der Waals surface area (Å²) >= 11 is 0. The second-order valence-corrected chi connectivity index (χ2v) is 4.89. The standard InChI is InChI=1S/C16H15NO/c1-10(2)6-13-7-12-4-5-17-8-14-9-18-16(11(13)3)15(12)14/h4-9H,1-3H3. The molecule has 18 heavy (non-hydrogen) atoms. The van der Waals surface area contributed by atoms with Gasteiger partial charge in [0.2, 0.25) is 0 Å². The van der Waals surface area contributed by atoms with Crippen molar-refractivity contribution in [2.75, 3.05) is 0 Å². The van der Waals surface area contributed by atoms with Crippen molar-refractivity contribution >= 4 is 29.3 Å². The fraction of sp³-hybridized carbons (Fsp3) is 0.188.